The summed E-state index contributed by atoms with van der Waals surface area (Å²) in [5.41, 5.74) is 4.64. The van der Waals surface area contributed by atoms with Gasteiger partial charge in [-0.2, -0.15) is 13.9 Å². The highest BCUT2D eigenvalue weighted by Crippen LogP contribution is 2.48. The van der Waals surface area contributed by atoms with Gasteiger partial charge in [-0.25, -0.2) is 18.1 Å². The predicted octanol–water partition coefficient (Wildman–Crippen LogP) is 7.34. The Balaban J connectivity index is 1.35. The second-order valence-corrected chi connectivity index (χ2v) is 13.9. The molecule has 0 bridgehead atoms. The van der Waals surface area contributed by atoms with Gasteiger partial charge in [-0.05, 0) is 84.6 Å². The molecule has 2 aliphatic rings. The largest absolute Gasteiger partial charge is 0.493 e. The summed E-state index contributed by atoms with van der Waals surface area (Å²) in [4.78, 5) is 20.5. The van der Waals surface area contributed by atoms with Gasteiger partial charge in [-0.1, -0.05) is 44.2 Å². The van der Waals surface area contributed by atoms with Gasteiger partial charge in [0.05, 0.1) is 45.7 Å². The zero-order valence-corrected chi connectivity index (χ0v) is 27.7. The van der Waals surface area contributed by atoms with Crippen LogP contribution in [-0.2, 0) is 14.6 Å². The van der Waals surface area contributed by atoms with Crippen molar-refractivity contribution in [2.24, 2.45) is 4.99 Å². The SMILES string of the molecule is COc1cc([C@H]2c3c(C)nn(-c4ccc(S(=O)(=O)c5ccc(C(C)C)cc5)cc4)c3N=C3C(=O)Nc4ccccc4N32)ccc1OC(F)F. The number of anilines is 2. The lowest BCUT2D eigenvalue weighted by Gasteiger charge is -2.40. The van der Waals surface area contributed by atoms with Crippen LogP contribution in [0.3, 0.4) is 0 Å². The van der Waals surface area contributed by atoms with E-state index in [1.807, 2.05) is 45.0 Å². The first-order chi connectivity index (χ1) is 23.5. The molecule has 0 radical (unpaired) electrons. The van der Waals surface area contributed by atoms with Crippen LogP contribution in [0.25, 0.3) is 5.69 Å². The van der Waals surface area contributed by atoms with Gasteiger partial charge in [0.2, 0.25) is 15.7 Å². The third kappa shape index (κ3) is 5.49. The maximum absolute atomic E-state index is 13.6. The number of ether oxygens (including phenoxy) is 2. The number of aliphatic imine (C=N–C) groups is 1. The number of benzene rings is 4. The molecule has 1 atom stereocenters. The minimum Gasteiger partial charge on any atom is -0.493 e. The average Bonchev–Trinajstić information content (AvgIpc) is 3.43. The van der Waals surface area contributed by atoms with Gasteiger partial charge in [-0.3, -0.25) is 4.79 Å². The molecule has 250 valence electrons. The fourth-order valence-electron chi connectivity index (χ4n) is 6.22. The number of sulfone groups is 1. The van der Waals surface area contributed by atoms with E-state index >= 15 is 0 Å². The van der Waals surface area contributed by atoms with Crippen molar-refractivity contribution in [1.82, 2.24) is 9.78 Å². The molecule has 1 aromatic heterocycles. The zero-order chi connectivity index (χ0) is 34.6. The van der Waals surface area contributed by atoms with Crippen molar-refractivity contribution in [3.05, 3.63) is 113 Å². The lowest BCUT2D eigenvalue weighted by Crippen LogP contribution is -2.48. The molecule has 5 aromatic rings. The number of para-hydroxylation sites is 2. The summed E-state index contributed by atoms with van der Waals surface area (Å²) in [7, 11) is -2.44. The number of nitrogens with zero attached hydrogens (tertiary/aromatic N) is 4. The smallest absolute Gasteiger partial charge is 0.387 e. The fourth-order valence-corrected chi connectivity index (χ4v) is 7.48. The van der Waals surface area contributed by atoms with E-state index in [9.17, 15) is 22.0 Å². The fraction of sp³-hybridized carbons (Fsp3) is 0.194. The Morgan fingerprint density at radius 3 is 2.22 bits per heavy atom. The third-order valence-electron chi connectivity index (χ3n) is 8.64. The number of fused-ring (bicyclic) bond motifs is 4. The monoisotopic (exact) mass is 683 g/mol. The number of hydrogen-bond donors (Lipinski definition) is 1. The highest BCUT2D eigenvalue weighted by Gasteiger charge is 2.43. The summed E-state index contributed by atoms with van der Waals surface area (Å²) in [5, 5.41) is 7.69. The average molecular weight is 684 g/mol. The maximum Gasteiger partial charge on any atom is 0.387 e. The van der Waals surface area contributed by atoms with E-state index in [1.165, 1.54) is 25.3 Å². The Hall–Kier alpha value is -5.56. The molecular formula is C36H31F2N5O5S. The van der Waals surface area contributed by atoms with E-state index in [2.05, 4.69) is 10.1 Å². The first-order valence-corrected chi connectivity index (χ1v) is 16.9. The number of methoxy groups -OCH3 is 1. The van der Waals surface area contributed by atoms with Gasteiger partial charge >= 0.3 is 6.61 Å². The van der Waals surface area contributed by atoms with E-state index in [0.29, 0.717) is 39.7 Å². The molecule has 1 N–H and O–H groups in total. The lowest BCUT2D eigenvalue weighted by atomic mass is 9.93. The molecule has 4 aromatic carbocycles. The first kappa shape index (κ1) is 32.0. The molecule has 7 rings (SSSR count). The molecule has 0 saturated carbocycles. The number of halogens is 2. The summed E-state index contributed by atoms with van der Waals surface area (Å²) in [6.45, 7) is 2.84. The normalized spacial score (nSPS) is 15.3. The van der Waals surface area contributed by atoms with Crippen LogP contribution in [0.4, 0.5) is 26.0 Å². The number of carbonyl (C=O) groups excluding carboxylic acids is 1. The summed E-state index contributed by atoms with van der Waals surface area (Å²) in [6.07, 6.45) is 0. The van der Waals surface area contributed by atoms with Gasteiger partial charge in [0.1, 0.15) is 0 Å². The number of hydrogen-bond acceptors (Lipinski definition) is 8. The number of nitrogens with one attached hydrogen (secondary N) is 1. The number of rotatable bonds is 8. The van der Waals surface area contributed by atoms with Crippen molar-refractivity contribution in [1.29, 1.82) is 0 Å². The van der Waals surface area contributed by atoms with Gasteiger partial charge in [0.25, 0.3) is 5.91 Å². The Bertz CT molecular complexity index is 2230. The highest BCUT2D eigenvalue weighted by atomic mass is 32.2. The Labute approximate surface area is 281 Å². The van der Waals surface area contributed by atoms with Crippen molar-refractivity contribution in [3.63, 3.8) is 0 Å². The van der Waals surface area contributed by atoms with Crippen LogP contribution < -0.4 is 19.7 Å². The molecule has 10 nitrogen and oxygen atoms in total. The van der Waals surface area contributed by atoms with Crippen LogP contribution in [0, 0.1) is 6.92 Å². The van der Waals surface area contributed by atoms with Crippen LogP contribution in [0.1, 0.15) is 48.2 Å². The van der Waals surface area contributed by atoms with Gasteiger partial charge in [0, 0.05) is 5.56 Å². The Morgan fingerprint density at radius 1 is 0.898 bits per heavy atom. The van der Waals surface area contributed by atoms with Gasteiger partial charge in [-0.15, -0.1) is 0 Å². The Morgan fingerprint density at radius 2 is 1.57 bits per heavy atom. The second kappa shape index (κ2) is 12.2. The summed E-state index contributed by atoms with van der Waals surface area (Å²) in [6, 6.07) is 24.4. The van der Waals surface area contributed by atoms with Crippen LogP contribution >= 0.6 is 0 Å². The number of aryl methyl sites for hydroxylation is 1. The van der Waals surface area contributed by atoms with Crippen molar-refractivity contribution < 1.29 is 31.5 Å². The van der Waals surface area contributed by atoms with Crippen LogP contribution in [0.2, 0.25) is 0 Å². The van der Waals surface area contributed by atoms with Crippen LogP contribution in [0.5, 0.6) is 11.5 Å². The van der Waals surface area contributed by atoms with Crippen molar-refractivity contribution in [2.75, 3.05) is 17.3 Å². The molecule has 49 heavy (non-hydrogen) atoms. The first-order valence-electron chi connectivity index (χ1n) is 15.4. The molecule has 13 heteroatoms. The van der Waals surface area contributed by atoms with Crippen molar-refractivity contribution >= 4 is 38.8 Å². The number of amides is 1. The molecule has 0 unspecified atom stereocenters. The van der Waals surface area contributed by atoms with E-state index in [1.54, 1.807) is 58.1 Å². The van der Waals surface area contributed by atoms with E-state index in [0.717, 1.165) is 5.56 Å². The minimum atomic E-state index is -3.79. The lowest BCUT2D eigenvalue weighted by molar-refractivity contribution is -0.110. The molecule has 1 amide bonds. The van der Waals surface area contributed by atoms with Gasteiger partial charge < -0.3 is 19.7 Å². The maximum atomic E-state index is 13.6. The summed E-state index contributed by atoms with van der Waals surface area (Å²) < 4.78 is 64.9. The minimum absolute atomic E-state index is 0.0823. The van der Waals surface area contributed by atoms with E-state index in [-0.39, 0.29) is 33.0 Å². The van der Waals surface area contributed by atoms with E-state index < -0.39 is 28.4 Å². The topological polar surface area (TPSA) is 115 Å². The number of alkyl halides is 2. The zero-order valence-electron chi connectivity index (χ0n) is 26.9. The molecule has 0 spiro atoms. The molecule has 0 fully saturated rings. The quantitative estimate of drug-likeness (QED) is 0.182. The molecular weight excluding hydrogens is 652 g/mol. The van der Waals surface area contributed by atoms with Crippen molar-refractivity contribution in [2.45, 2.75) is 49.1 Å². The molecule has 2 aliphatic heterocycles. The molecule has 0 aliphatic carbocycles. The van der Waals surface area contributed by atoms with Gasteiger partial charge in [0.15, 0.2) is 17.3 Å². The highest BCUT2D eigenvalue weighted by molar-refractivity contribution is 7.91. The molecule has 0 saturated heterocycles. The third-order valence-corrected chi connectivity index (χ3v) is 10.4. The summed E-state index contributed by atoms with van der Waals surface area (Å²) >= 11 is 0. The van der Waals surface area contributed by atoms with Crippen molar-refractivity contribution in [3.8, 4) is 17.2 Å². The van der Waals surface area contributed by atoms with Crippen LogP contribution in [-0.4, -0.2) is 43.7 Å². The molecule has 3 heterocycles. The second-order valence-electron chi connectivity index (χ2n) is 11.9. The Kier molecular flexibility index (Phi) is 7.94. The number of carbonyl (C=O) groups is 1. The number of aromatic nitrogens is 2. The van der Waals surface area contributed by atoms with E-state index in [4.69, 9.17) is 14.8 Å². The standard InChI is InChI=1S/C36H31F2N5O5S/c1-20(2)22-9-14-25(15-10-22)49(45,46)26-16-12-24(13-17-26)43-33-31(21(3)41-43)32(23-11-18-29(48-36(37)38)30(19-23)47-4)42-28-8-6-5-7-27(28)39-35(44)34(42)40-33/h5-20,32,36H,1-4H3,(H,39,44)/t32-/m0/s1. The predicted molar refractivity (Wildman–Crippen MR) is 180 cm³/mol. The van der Waals surface area contributed by atoms with Crippen LogP contribution in [0.15, 0.2) is 106 Å². The number of amidine groups is 1. The summed E-state index contributed by atoms with van der Waals surface area (Å²) in [5.74, 6) is 0.211.